The molecule has 2 amide bonds. The van der Waals surface area contributed by atoms with Gasteiger partial charge in [0.15, 0.2) is 5.65 Å². The highest BCUT2D eigenvalue weighted by Crippen LogP contribution is 2.32. The Morgan fingerprint density at radius 3 is 2.65 bits per heavy atom. The summed E-state index contributed by atoms with van der Waals surface area (Å²) in [5.41, 5.74) is 1.94. The Hall–Kier alpha value is -3.91. The third-order valence-electron chi connectivity index (χ3n) is 5.79. The van der Waals surface area contributed by atoms with E-state index in [1.54, 1.807) is 35.2 Å². The molecule has 5 rings (SSSR count). The molecule has 0 aliphatic carbocycles. The first-order valence-electron chi connectivity index (χ1n) is 11.0. The van der Waals surface area contributed by atoms with Crippen molar-refractivity contribution in [2.24, 2.45) is 0 Å². The van der Waals surface area contributed by atoms with Crippen LogP contribution in [0, 0.1) is 0 Å². The van der Waals surface area contributed by atoms with E-state index < -0.39 is 0 Å². The maximum absolute atomic E-state index is 13.1. The number of para-hydroxylation sites is 1. The van der Waals surface area contributed by atoms with Gasteiger partial charge < -0.3 is 15.0 Å². The van der Waals surface area contributed by atoms with Crippen LogP contribution in [0.1, 0.15) is 35.3 Å². The van der Waals surface area contributed by atoms with E-state index in [1.807, 2.05) is 37.3 Å². The van der Waals surface area contributed by atoms with E-state index in [0.717, 1.165) is 0 Å². The fraction of sp³-hybridized carbons (Fsp3) is 0.200. The number of rotatable bonds is 6. The van der Waals surface area contributed by atoms with Gasteiger partial charge in [-0.25, -0.2) is 4.98 Å². The minimum Gasteiger partial charge on any atom is -0.439 e. The number of ether oxygens (including phenoxy) is 1. The number of carbonyl (C=O) groups is 2. The molecule has 1 aliphatic rings. The molecule has 1 atom stereocenters. The fourth-order valence-electron chi connectivity index (χ4n) is 4.01. The highest BCUT2D eigenvalue weighted by Gasteiger charge is 2.32. The molecule has 34 heavy (non-hydrogen) atoms. The number of hydrogen-bond acceptors (Lipinski definition) is 5. The molecule has 2 aromatic carbocycles. The molecule has 2 aromatic heterocycles. The molecule has 1 saturated heterocycles. The number of nitrogens with zero attached hydrogens (tertiary/aromatic N) is 4. The molecular weight excluding hydrogens is 454 g/mol. The average molecular weight is 476 g/mol. The summed E-state index contributed by atoms with van der Waals surface area (Å²) >= 11 is 5.94. The van der Waals surface area contributed by atoms with Gasteiger partial charge in [-0.1, -0.05) is 29.8 Å². The van der Waals surface area contributed by atoms with Crippen molar-refractivity contribution in [1.29, 1.82) is 0 Å². The molecule has 1 aliphatic heterocycles. The minimum atomic E-state index is -0.356. The molecule has 0 saturated carbocycles. The molecule has 1 fully saturated rings. The monoisotopic (exact) mass is 475 g/mol. The highest BCUT2D eigenvalue weighted by atomic mass is 35.5. The number of nitrogens with one attached hydrogen (secondary N) is 1. The van der Waals surface area contributed by atoms with E-state index in [9.17, 15) is 9.59 Å². The average Bonchev–Trinajstić information content (AvgIpc) is 3.44. The zero-order valence-corrected chi connectivity index (χ0v) is 19.2. The summed E-state index contributed by atoms with van der Waals surface area (Å²) in [5.74, 6) is 0.678. The summed E-state index contributed by atoms with van der Waals surface area (Å²) < 4.78 is 7.61. The number of amides is 2. The maximum Gasteiger partial charge on any atom is 0.261 e. The van der Waals surface area contributed by atoms with Crippen molar-refractivity contribution >= 4 is 34.7 Å². The Labute approximate surface area is 201 Å². The molecule has 172 valence electrons. The third kappa shape index (κ3) is 4.32. The van der Waals surface area contributed by atoms with E-state index in [2.05, 4.69) is 10.4 Å². The van der Waals surface area contributed by atoms with E-state index in [4.69, 9.17) is 21.3 Å². The van der Waals surface area contributed by atoms with Crippen molar-refractivity contribution in [2.75, 3.05) is 18.4 Å². The smallest absolute Gasteiger partial charge is 0.261 e. The van der Waals surface area contributed by atoms with E-state index in [1.165, 1.54) is 10.7 Å². The van der Waals surface area contributed by atoms with Gasteiger partial charge in [-0.05, 0) is 43.3 Å². The van der Waals surface area contributed by atoms with Gasteiger partial charge in [0.1, 0.15) is 11.3 Å². The molecule has 1 unspecified atom stereocenters. The quantitative estimate of drug-likeness (QED) is 0.434. The van der Waals surface area contributed by atoms with Gasteiger partial charge >= 0.3 is 0 Å². The Bertz CT molecular complexity index is 1350. The van der Waals surface area contributed by atoms with Gasteiger partial charge in [-0.2, -0.15) is 9.61 Å². The lowest BCUT2D eigenvalue weighted by atomic mass is 10.0. The first-order valence-corrected chi connectivity index (χ1v) is 11.4. The van der Waals surface area contributed by atoms with Gasteiger partial charge in [0.05, 0.1) is 11.9 Å². The van der Waals surface area contributed by atoms with E-state index in [-0.39, 0.29) is 17.7 Å². The van der Waals surface area contributed by atoms with Gasteiger partial charge in [0, 0.05) is 42.2 Å². The topological polar surface area (TPSA) is 88.8 Å². The van der Waals surface area contributed by atoms with Crippen LogP contribution in [0.5, 0.6) is 11.6 Å². The number of aromatic nitrogens is 3. The van der Waals surface area contributed by atoms with Crippen molar-refractivity contribution in [3.8, 4) is 11.6 Å². The van der Waals surface area contributed by atoms with E-state index in [0.29, 0.717) is 58.8 Å². The summed E-state index contributed by atoms with van der Waals surface area (Å²) in [6, 6.07) is 18.0. The summed E-state index contributed by atoms with van der Waals surface area (Å²) in [4.78, 5) is 32.0. The van der Waals surface area contributed by atoms with Gasteiger partial charge in [0.2, 0.25) is 11.8 Å². The number of halogens is 1. The van der Waals surface area contributed by atoms with Crippen molar-refractivity contribution in [1.82, 2.24) is 19.5 Å². The second-order valence-electron chi connectivity index (χ2n) is 8.02. The molecule has 0 spiro atoms. The van der Waals surface area contributed by atoms with Crippen LogP contribution in [0.15, 0.2) is 66.9 Å². The predicted molar refractivity (Wildman–Crippen MR) is 129 cm³/mol. The predicted octanol–water partition coefficient (Wildman–Crippen LogP) is 4.76. The van der Waals surface area contributed by atoms with Crippen LogP contribution in [-0.2, 0) is 4.79 Å². The van der Waals surface area contributed by atoms with Crippen LogP contribution in [0.2, 0.25) is 5.02 Å². The van der Waals surface area contributed by atoms with Crippen LogP contribution < -0.4 is 10.1 Å². The summed E-state index contributed by atoms with van der Waals surface area (Å²) in [6.07, 6.45) is 1.83. The Morgan fingerprint density at radius 2 is 1.94 bits per heavy atom. The van der Waals surface area contributed by atoms with Crippen LogP contribution in [0.3, 0.4) is 0 Å². The molecule has 8 nitrogen and oxygen atoms in total. The number of hydrogen-bond donors (Lipinski definition) is 1. The summed E-state index contributed by atoms with van der Waals surface area (Å²) in [7, 11) is 0. The summed E-state index contributed by atoms with van der Waals surface area (Å²) in [6.45, 7) is 3.17. The van der Waals surface area contributed by atoms with Crippen LogP contribution >= 0.6 is 11.6 Å². The van der Waals surface area contributed by atoms with Gasteiger partial charge in [0.25, 0.3) is 5.91 Å². The number of likely N-dealkylation sites (N-methyl/N-ethyl adjacent to an activating group) is 1. The molecule has 1 N–H and O–H groups in total. The molecule has 4 aromatic rings. The lowest BCUT2D eigenvalue weighted by Gasteiger charge is -2.15. The normalized spacial score (nSPS) is 15.6. The summed E-state index contributed by atoms with van der Waals surface area (Å²) in [5, 5.41) is 7.81. The second kappa shape index (κ2) is 9.15. The number of benzene rings is 2. The van der Waals surface area contributed by atoms with Crippen LogP contribution in [-0.4, -0.2) is 44.4 Å². The standard InChI is InChI=1S/C25H22ClN5O3/c1-2-30-15-16(12-22(30)32)21-13-23(34-19-6-4-3-5-7-19)31-24(29-21)20(14-27-31)25(33)28-18-10-8-17(26)9-11-18/h3-11,13-14,16H,2,12,15H2,1H3,(H,28,33). The van der Waals surface area contributed by atoms with Crippen molar-refractivity contribution in [3.05, 3.63) is 83.1 Å². The second-order valence-corrected chi connectivity index (χ2v) is 8.46. The SMILES string of the molecule is CCN1CC(c2cc(Oc3ccccc3)n3ncc(C(=O)Nc4ccc(Cl)cc4)c3n2)CC1=O. The Kier molecular flexibility index (Phi) is 5.90. The fourth-order valence-corrected chi connectivity index (χ4v) is 4.14. The molecule has 0 radical (unpaired) electrons. The molecule has 9 heteroatoms. The highest BCUT2D eigenvalue weighted by molar-refractivity contribution is 6.30. The first-order chi connectivity index (χ1) is 16.5. The largest absolute Gasteiger partial charge is 0.439 e. The zero-order chi connectivity index (χ0) is 23.7. The van der Waals surface area contributed by atoms with Gasteiger partial charge in [-0.3, -0.25) is 9.59 Å². The number of likely N-dealkylation sites (tertiary alicyclic amines) is 1. The van der Waals surface area contributed by atoms with Crippen molar-refractivity contribution < 1.29 is 14.3 Å². The maximum atomic E-state index is 13.1. The lowest BCUT2D eigenvalue weighted by molar-refractivity contribution is -0.127. The zero-order valence-electron chi connectivity index (χ0n) is 18.4. The molecule has 3 heterocycles. The van der Waals surface area contributed by atoms with Crippen molar-refractivity contribution in [3.63, 3.8) is 0 Å². The Morgan fingerprint density at radius 1 is 1.18 bits per heavy atom. The third-order valence-corrected chi connectivity index (χ3v) is 6.04. The van der Waals surface area contributed by atoms with Crippen LogP contribution in [0.25, 0.3) is 5.65 Å². The number of anilines is 1. The van der Waals surface area contributed by atoms with Crippen molar-refractivity contribution in [2.45, 2.75) is 19.3 Å². The number of fused-ring (bicyclic) bond motifs is 1. The van der Waals surface area contributed by atoms with Gasteiger partial charge in [-0.15, -0.1) is 0 Å². The Balaban J connectivity index is 1.55. The first kappa shape index (κ1) is 21.9. The minimum absolute atomic E-state index is 0.0916. The lowest BCUT2D eigenvalue weighted by Crippen LogP contribution is -2.24. The van der Waals surface area contributed by atoms with Crippen LogP contribution in [0.4, 0.5) is 5.69 Å². The molecule has 0 bridgehead atoms. The number of carbonyl (C=O) groups excluding carboxylic acids is 2. The molecular formula is C25H22ClN5O3. The van der Waals surface area contributed by atoms with E-state index >= 15 is 0 Å².